The molecule has 1 aliphatic heterocycles. The molecule has 0 unspecified atom stereocenters. The number of unbranched alkanes of at least 4 members (excludes halogenated alkanes) is 1. The van der Waals surface area contributed by atoms with Crippen molar-refractivity contribution in [2.75, 3.05) is 39.5 Å². The molecular formula is C33H49ClN2O9. The number of carbonyl (C=O) groups excluding carboxylic acids is 1. The lowest BCUT2D eigenvalue weighted by atomic mass is 9.89. The van der Waals surface area contributed by atoms with Crippen molar-refractivity contribution in [3.63, 3.8) is 0 Å². The number of nitrogens with zero attached hydrogens (tertiary/aromatic N) is 2. The predicted molar refractivity (Wildman–Crippen MR) is 170 cm³/mol. The molecule has 3 rings (SSSR count). The zero-order valence-electron chi connectivity index (χ0n) is 26.0. The molecular weight excluding hydrogens is 604 g/mol. The largest absolute Gasteiger partial charge is 0.491 e. The average Bonchev–Trinajstić information content (AvgIpc) is 3.28. The summed E-state index contributed by atoms with van der Waals surface area (Å²) < 4.78 is 11.0. The molecule has 0 amide bonds. The molecule has 5 atom stereocenters. The summed E-state index contributed by atoms with van der Waals surface area (Å²) >= 11 is 5.95. The van der Waals surface area contributed by atoms with E-state index in [1.54, 1.807) is 36.4 Å². The number of aliphatic hydroxyl groups is 3. The van der Waals surface area contributed by atoms with Crippen LogP contribution in [0, 0.1) is 27.9 Å². The van der Waals surface area contributed by atoms with E-state index in [-0.39, 0.29) is 37.4 Å². The molecule has 3 N–H and O–H groups in total. The summed E-state index contributed by atoms with van der Waals surface area (Å²) in [6.07, 6.45) is 12.4. The van der Waals surface area contributed by atoms with Crippen molar-refractivity contribution in [3.8, 4) is 5.75 Å². The Morgan fingerprint density at radius 2 is 1.93 bits per heavy atom. The highest BCUT2D eigenvalue weighted by atomic mass is 35.5. The number of hydrogen-bond donors (Lipinski definition) is 3. The first-order valence-corrected chi connectivity index (χ1v) is 16.5. The quantitative estimate of drug-likeness (QED) is 0.0592. The molecule has 2 aliphatic rings. The summed E-state index contributed by atoms with van der Waals surface area (Å²) in [5.74, 6) is 0.498. The fourth-order valence-corrected chi connectivity index (χ4v) is 6.23. The highest BCUT2D eigenvalue weighted by Crippen LogP contribution is 2.36. The lowest BCUT2D eigenvalue weighted by Crippen LogP contribution is -2.35. The van der Waals surface area contributed by atoms with Gasteiger partial charge >= 0.3 is 5.97 Å². The molecule has 1 aliphatic carbocycles. The predicted octanol–water partition coefficient (Wildman–Crippen LogP) is 4.74. The second-order valence-electron chi connectivity index (χ2n) is 12.0. The van der Waals surface area contributed by atoms with Gasteiger partial charge in [-0.2, -0.15) is 0 Å². The first kappa shape index (κ1) is 36.8. The van der Waals surface area contributed by atoms with Crippen molar-refractivity contribution in [3.05, 3.63) is 63.7 Å². The number of hydrogen-bond acceptors (Lipinski definition) is 10. The number of ether oxygens (including phenoxy) is 2. The molecule has 45 heavy (non-hydrogen) atoms. The van der Waals surface area contributed by atoms with E-state index in [4.69, 9.17) is 21.1 Å². The number of piperidine rings is 1. The van der Waals surface area contributed by atoms with Crippen LogP contribution in [0.3, 0.4) is 0 Å². The second kappa shape index (κ2) is 20.4. The Labute approximate surface area is 270 Å². The molecule has 0 radical (unpaired) electrons. The van der Waals surface area contributed by atoms with Crippen LogP contribution in [0.2, 0.25) is 5.02 Å². The number of rotatable bonds is 20. The van der Waals surface area contributed by atoms with Gasteiger partial charge in [-0.05, 0) is 94.5 Å². The summed E-state index contributed by atoms with van der Waals surface area (Å²) in [6, 6.07) is 6.93. The van der Waals surface area contributed by atoms with E-state index >= 15 is 0 Å². The Morgan fingerprint density at radius 3 is 2.69 bits per heavy atom. The third-order valence-corrected chi connectivity index (χ3v) is 8.79. The number of allylic oxidation sites excluding steroid dienone is 2. The Bertz CT molecular complexity index is 1080. The van der Waals surface area contributed by atoms with Crippen LogP contribution in [0.4, 0.5) is 0 Å². The molecule has 0 bridgehead atoms. The number of likely N-dealkylation sites (tertiary alicyclic amines) is 1. The van der Waals surface area contributed by atoms with Crippen molar-refractivity contribution in [1.82, 2.24) is 4.90 Å². The van der Waals surface area contributed by atoms with Crippen molar-refractivity contribution in [2.45, 2.75) is 82.5 Å². The van der Waals surface area contributed by atoms with Crippen molar-refractivity contribution in [1.29, 1.82) is 0 Å². The first-order chi connectivity index (χ1) is 21.7. The molecule has 11 nitrogen and oxygen atoms in total. The minimum absolute atomic E-state index is 0.0445. The maximum Gasteiger partial charge on any atom is 0.305 e. The second-order valence-corrected chi connectivity index (χ2v) is 12.4. The fourth-order valence-electron chi connectivity index (χ4n) is 6.05. The van der Waals surface area contributed by atoms with Gasteiger partial charge in [-0.25, -0.2) is 0 Å². The summed E-state index contributed by atoms with van der Waals surface area (Å²) in [5.41, 5.74) is 0. The van der Waals surface area contributed by atoms with Gasteiger partial charge in [-0.1, -0.05) is 42.0 Å². The van der Waals surface area contributed by atoms with Crippen LogP contribution in [0.1, 0.15) is 64.2 Å². The van der Waals surface area contributed by atoms with Gasteiger partial charge in [0.2, 0.25) is 0 Å². The van der Waals surface area contributed by atoms with Crippen LogP contribution in [0.15, 0.2) is 48.6 Å². The minimum Gasteiger partial charge on any atom is -0.491 e. The Morgan fingerprint density at radius 1 is 1.13 bits per heavy atom. The van der Waals surface area contributed by atoms with E-state index in [0.29, 0.717) is 55.4 Å². The van der Waals surface area contributed by atoms with Gasteiger partial charge in [-0.15, -0.1) is 10.1 Å². The normalized spacial score (nSPS) is 23.5. The number of carbonyl (C=O) groups is 1. The Kier molecular flexibility index (Phi) is 16.7. The maximum absolute atomic E-state index is 12.1. The topological polar surface area (TPSA) is 152 Å². The number of esters is 1. The van der Waals surface area contributed by atoms with Crippen LogP contribution in [-0.2, 0) is 14.4 Å². The lowest BCUT2D eigenvalue weighted by molar-refractivity contribution is -0.757. The molecule has 2 fully saturated rings. The molecule has 1 saturated heterocycles. The molecule has 1 saturated carbocycles. The maximum atomic E-state index is 12.1. The molecule has 12 heteroatoms. The van der Waals surface area contributed by atoms with Gasteiger partial charge in [-0.3, -0.25) is 4.79 Å². The van der Waals surface area contributed by atoms with Crippen molar-refractivity contribution in [2.24, 2.45) is 17.8 Å². The Hall–Kier alpha value is -2.70. The molecule has 1 aromatic carbocycles. The smallest absolute Gasteiger partial charge is 0.305 e. The summed E-state index contributed by atoms with van der Waals surface area (Å²) in [7, 11) is 0. The zero-order valence-corrected chi connectivity index (χ0v) is 26.7. The standard InChI is InChI=1S/C33H49ClN2O9/c34-26-9-5-10-28(22-26)44-24-27(37)13-14-30-29(31(38)23-32(30)39)11-3-1-2-4-12-33(40)43-20-7-17-35-18-15-25(16-19-35)8-6-21-45-36(41)42/h1,3,5,9-10,13-14,22,25,27,29-32,37-39H,2,4,6-8,11-12,15-21,23-24H2/t27-,29-,30-,31+,32-/m1/s1. The Balaban J connectivity index is 1.23. The van der Waals surface area contributed by atoms with E-state index in [9.17, 15) is 30.2 Å². The minimum atomic E-state index is -0.870. The highest BCUT2D eigenvalue weighted by Gasteiger charge is 2.39. The highest BCUT2D eigenvalue weighted by molar-refractivity contribution is 6.30. The summed E-state index contributed by atoms with van der Waals surface area (Å²) in [4.78, 5) is 29.1. The third-order valence-electron chi connectivity index (χ3n) is 8.56. The van der Waals surface area contributed by atoms with Gasteiger partial charge in [0.1, 0.15) is 18.5 Å². The van der Waals surface area contributed by atoms with Crippen LogP contribution < -0.4 is 4.74 Å². The van der Waals surface area contributed by atoms with Crippen LogP contribution in [-0.4, -0.2) is 89.0 Å². The van der Waals surface area contributed by atoms with E-state index in [1.165, 1.54) is 0 Å². The van der Waals surface area contributed by atoms with Gasteiger partial charge in [0.25, 0.3) is 5.09 Å². The monoisotopic (exact) mass is 652 g/mol. The van der Waals surface area contributed by atoms with E-state index < -0.39 is 23.4 Å². The molecule has 1 aromatic rings. The lowest BCUT2D eigenvalue weighted by Gasteiger charge is -2.31. The average molecular weight is 653 g/mol. The van der Waals surface area contributed by atoms with Crippen LogP contribution in [0.5, 0.6) is 5.75 Å². The molecule has 0 aromatic heterocycles. The molecule has 252 valence electrons. The zero-order chi connectivity index (χ0) is 32.4. The number of aliphatic hydroxyl groups excluding tert-OH is 3. The SMILES string of the molecule is O=C(CCCC=CC[C@@H]1[C@@H](C=C[C@@H](O)COc2cccc(Cl)c2)[C@H](O)C[C@@H]1O)OCCCN1CCC(CCCO[N+](=O)[O-])CC1. The van der Waals surface area contributed by atoms with Crippen molar-refractivity contribution < 1.29 is 39.5 Å². The number of halogens is 1. The van der Waals surface area contributed by atoms with E-state index in [1.807, 2.05) is 12.2 Å². The fraction of sp³-hybridized carbons (Fsp3) is 0.667. The van der Waals surface area contributed by atoms with Gasteiger partial charge in [0.05, 0.1) is 25.4 Å². The molecule has 0 spiro atoms. The van der Waals surface area contributed by atoms with Gasteiger partial charge < -0.3 is 34.5 Å². The van der Waals surface area contributed by atoms with E-state index in [0.717, 1.165) is 45.3 Å². The third kappa shape index (κ3) is 14.5. The van der Waals surface area contributed by atoms with Crippen LogP contribution >= 0.6 is 11.6 Å². The first-order valence-electron chi connectivity index (χ1n) is 16.1. The van der Waals surface area contributed by atoms with Crippen molar-refractivity contribution >= 4 is 17.6 Å². The van der Waals surface area contributed by atoms with Crippen LogP contribution in [0.25, 0.3) is 0 Å². The summed E-state index contributed by atoms with van der Waals surface area (Å²) in [6.45, 7) is 3.50. The number of benzene rings is 1. The summed E-state index contributed by atoms with van der Waals surface area (Å²) in [5, 5.41) is 41.3. The molecule has 1 heterocycles. The van der Waals surface area contributed by atoms with E-state index in [2.05, 4.69) is 9.74 Å². The van der Waals surface area contributed by atoms with Gasteiger partial charge in [0.15, 0.2) is 0 Å². The van der Waals surface area contributed by atoms with Gasteiger partial charge in [0, 0.05) is 30.3 Å².